The van der Waals surface area contributed by atoms with Crippen LogP contribution in [0.2, 0.25) is 0 Å². The average Bonchev–Trinajstić information content (AvgIpc) is 2.63. The lowest BCUT2D eigenvalue weighted by Crippen LogP contribution is -2.37. The van der Waals surface area contributed by atoms with E-state index in [-0.39, 0.29) is 12.6 Å². The van der Waals surface area contributed by atoms with Gasteiger partial charge in [0.25, 0.3) is 0 Å². The highest BCUT2D eigenvalue weighted by Gasteiger charge is 2.20. The Morgan fingerprint density at radius 3 is 3.12 bits per heavy atom. The lowest BCUT2D eigenvalue weighted by molar-refractivity contribution is 0.255. The van der Waals surface area contributed by atoms with Gasteiger partial charge in [-0.1, -0.05) is 12.8 Å². The predicted octanol–water partition coefficient (Wildman–Crippen LogP) is 1.69. The third-order valence-electron chi connectivity index (χ3n) is 3.28. The summed E-state index contributed by atoms with van der Waals surface area (Å²) in [5.41, 5.74) is 1.43. The molecule has 0 spiro atoms. The Bertz CT molecular complexity index is 413. The first kappa shape index (κ1) is 11.9. The Labute approximate surface area is 102 Å². The van der Waals surface area contributed by atoms with Crippen molar-refractivity contribution < 1.29 is 5.11 Å². The fourth-order valence-corrected chi connectivity index (χ4v) is 2.37. The Morgan fingerprint density at radius 2 is 2.35 bits per heavy atom. The fraction of sp³-hybridized carbons (Fsp3) is 0.538. The maximum atomic E-state index is 9.45. The van der Waals surface area contributed by atoms with Gasteiger partial charge in [-0.25, -0.2) is 4.98 Å². The van der Waals surface area contributed by atoms with Crippen molar-refractivity contribution in [3.8, 4) is 6.07 Å². The second kappa shape index (κ2) is 5.65. The molecule has 0 radical (unpaired) electrons. The maximum Gasteiger partial charge on any atom is 0.142 e. The van der Waals surface area contributed by atoms with E-state index in [0.717, 1.165) is 31.5 Å². The Balaban J connectivity index is 2.25. The van der Waals surface area contributed by atoms with Gasteiger partial charge in [0.1, 0.15) is 11.8 Å². The van der Waals surface area contributed by atoms with Gasteiger partial charge < -0.3 is 10.0 Å². The molecule has 1 aliphatic rings. The van der Waals surface area contributed by atoms with E-state index in [9.17, 15) is 5.11 Å². The minimum atomic E-state index is 0.171. The third kappa shape index (κ3) is 2.75. The largest absolute Gasteiger partial charge is 0.394 e. The quantitative estimate of drug-likeness (QED) is 0.841. The highest BCUT2D eigenvalue weighted by Crippen LogP contribution is 2.24. The van der Waals surface area contributed by atoms with Gasteiger partial charge in [0.05, 0.1) is 12.6 Å². The lowest BCUT2D eigenvalue weighted by Gasteiger charge is -2.30. The van der Waals surface area contributed by atoms with Crippen LogP contribution in [0.1, 0.15) is 31.4 Å². The van der Waals surface area contributed by atoms with Crippen molar-refractivity contribution in [3.63, 3.8) is 0 Å². The van der Waals surface area contributed by atoms with Crippen LogP contribution in [0.5, 0.6) is 0 Å². The molecule has 2 heterocycles. The molecule has 1 unspecified atom stereocenters. The predicted molar refractivity (Wildman–Crippen MR) is 65.6 cm³/mol. The molecule has 2 rings (SSSR count). The van der Waals surface area contributed by atoms with Crippen molar-refractivity contribution in [2.24, 2.45) is 0 Å². The zero-order chi connectivity index (χ0) is 12.1. The first-order chi connectivity index (χ1) is 8.35. The van der Waals surface area contributed by atoms with E-state index >= 15 is 0 Å². The molecule has 0 saturated carbocycles. The van der Waals surface area contributed by atoms with Crippen LogP contribution >= 0.6 is 0 Å². The number of aliphatic hydroxyl groups excluding tert-OH is 1. The monoisotopic (exact) mass is 231 g/mol. The first-order valence-electron chi connectivity index (χ1n) is 6.09. The molecule has 1 fully saturated rings. The smallest absolute Gasteiger partial charge is 0.142 e. The van der Waals surface area contributed by atoms with Crippen LogP contribution in [0.4, 0.5) is 5.69 Å². The molecule has 4 heteroatoms. The van der Waals surface area contributed by atoms with E-state index < -0.39 is 0 Å². The number of pyridine rings is 1. The van der Waals surface area contributed by atoms with Crippen LogP contribution in [0.25, 0.3) is 0 Å². The summed E-state index contributed by atoms with van der Waals surface area (Å²) in [5.74, 6) is 0. The second-order valence-electron chi connectivity index (χ2n) is 4.39. The maximum absolute atomic E-state index is 9.45. The van der Waals surface area contributed by atoms with Crippen LogP contribution in [0, 0.1) is 11.3 Å². The zero-order valence-corrected chi connectivity index (χ0v) is 9.84. The van der Waals surface area contributed by atoms with Gasteiger partial charge in [0.2, 0.25) is 0 Å². The SMILES string of the molecule is N#Cc1cc(N2CCCCCC2CO)ccn1. The van der Waals surface area contributed by atoms with Crippen molar-refractivity contribution in [1.29, 1.82) is 5.26 Å². The highest BCUT2D eigenvalue weighted by molar-refractivity contribution is 5.49. The Hall–Kier alpha value is -1.60. The number of rotatable bonds is 2. The van der Waals surface area contributed by atoms with Crippen molar-refractivity contribution in [2.45, 2.75) is 31.7 Å². The summed E-state index contributed by atoms with van der Waals surface area (Å²) in [7, 11) is 0. The molecule has 1 atom stereocenters. The molecule has 1 saturated heterocycles. The third-order valence-corrected chi connectivity index (χ3v) is 3.28. The first-order valence-corrected chi connectivity index (χ1v) is 6.09. The summed E-state index contributed by atoms with van der Waals surface area (Å²) in [4.78, 5) is 6.18. The van der Waals surface area contributed by atoms with E-state index in [1.54, 1.807) is 12.3 Å². The highest BCUT2D eigenvalue weighted by atomic mass is 16.3. The standard InChI is InChI=1S/C13H17N3O/c14-9-11-8-12(5-6-15-11)16-7-3-1-2-4-13(16)10-17/h5-6,8,13,17H,1-4,7,10H2. The number of aromatic nitrogens is 1. The summed E-state index contributed by atoms with van der Waals surface area (Å²) < 4.78 is 0. The van der Waals surface area contributed by atoms with Crippen LogP contribution in [-0.4, -0.2) is 29.3 Å². The lowest BCUT2D eigenvalue weighted by atomic mass is 10.1. The molecule has 1 aromatic heterocycles. The van der Waals surface area contributed by atoms with E-state index in [1.165, 1.54) is 6.42 Å². The molecule has 1 aromatic rings. The number of hydrogen-bond donors (Lipinski definition) is 1. The van der Waals surface area contributed by atoms with Gasteiger partial charge in [-0.2, -0.15) is 5.26 Å². The van der Waals surface area contributed by atoms with Gasteiger partial charge in [-0.3, -0.25) is 0 Å². The van der Waals surface area contributed by atoms with Crippen molar-refractivity contribution >= 4 is 5.69 Å². The minimum absolute atomic E-state index is 0.171. The number of nitrogens with zero attached hydrogens (tertiary/aromatic N) is 3. The van der Waals surface area contributed by atoms with Gasteiger partial charge in [0, 0.05) is 18.4 Å². The number of anilines is 1. The Kier molecular flexibility index (Phi) is 3.94. The van der Waals surface area contributed by atoms with E-state index in [1.807, 2.05) is 6.07 Å². The van der Waals surface area contributed by atoms with E-state index in [2.05, 4.69) is 16.0 Å². The normalized spacial score (nSPS) is 20.7. The van der Waals surface area contributed by atoms with Crippen LogP contribution < -0.4 is 4.90 Å². The summed E-state index contributed by atoms with van der Waals surface area (Å²) in [6.07, 6.45) is 6.19. The summed E-state index contributed by atoms with van der Waals surface area (Å²) in [5, 5.41) is 18.3. The van der Waals surface area contributed by atoms with Crippen LogP contribution in [0.3, 0.4) is 0 Å². The summed E-state index contributed by atoms with van der Waals surface area (Å²) in [6.45, 7) is 1.12. The number of aliphatic hydroxyl groups is 1. The fourth-order valence-electron chi connectivity index (χ4n) is 2.37. The molecule has 0 bridgehead atoms. The Morgan fingerprint density at radius 1 is 1.47 bits per heavy atom. The molecular formula is C13H17N3O. The number of nitriles is 1. The van der Waals surface area contributed by atoms with E-state index in [4.69, 9.17) is 5.26 Å². The molecule has 1 N–H and O–H groups in total. The second-order valence-corrected chi connectivity index (χ2v) is 4.39. The molecule has 0 aliphatic carbocycles. The molecule has 90 valence electrons. The van der Waals surface area contributed by atoms with Gasteiger partial charge in [-0.15, -0.1) is 0 Å². The van der Waals surface area contributed by atoms with Crippen LogP contribution in [0.15, 0.2) is 18.3 Å². The topological polar surface area (TPSA) is 60.2 Å². The minimum Gasteiger partial charge on any atom is -0.394 e. The summed E-state index contributed by atoms with van der Waals surface area (Å²) >= 11 is 0. The van der Waals surface area contributed by atoms with Crippen LogP contribution in [-0.2, 0) is 0 Å². The average molecular weight is 231 g/mol. The number of hydrogen-bond acceptors (Lipinski definition) is 4. The van der Waals surface area contributed by atoms with Gasteiger partial charge in [-0.05, 0) is 25.0 Å². The molecule has 0 aromatic carbocycles. The zero-order valence-electron chi connectivity index (χ0n) is 9.84. The van der Waals surface area contributed by atoms with Crippen molar-refractivity contribution in [1.82, 2.24) is 4.98 Å². The van der Waals surface area contributed by atoms with E-state index in [0.29, 0.717) is 5.69 Å². The molecule has 1 aliphatic heterocycles. The van der Waals surface area contributed by atoms with Gasteiger partial charge >= 0.3 is 0 Å². The van der Waals surface area contributed by atoms with Gasteiger partial charge in [0.15, 0.2) is 0 Å². The summed E-state index contributed by atoms with van der Waals surface area (Å²) in [6, 6.07) is 5.94. The molecular weight excluding hydrogens is 214 g/mol. The molecule has 17 heavy (non-hydrogen) atoms. The molecule has 0 amide bonds. The van der Waals surface area contributed by atoms with Crippen molar-refractivity contribution in [3.05, 3.63) is 24.0 Å². The molecule has 4 nitrogen and oxygen atoms in total. The van der Waals surface area contributed by atoms with Crippen molar-refractivity contribution in [2.75, 3.05) is 18.1 Å².